The average Bonchev–Trinajstić information content (AvgIpc) is 2.40. The van der Waals surface area contributed by atoms with Crippen LogP contribution < -0.4 is 16.2 Å². The molecule has 1 aromatic carbocycles. The smallest absolute Gasteiger partial charge is 0.221 e. The van der Waals surface area contributed by atoms with Crippen molar-refractivity contribution >= 4 is 11.8 Å². The number of anilines is 2. The third kappa shape index (κ3) is 3.41. The third-order valence-electron chi connectivity index (χ3n) is 3.24. The number of ether oxygens (including phenoxy) is 1. The minimum atomic E-state index is -0.965. The van der Waals surface area contributed by atoms with E-state index >= 15 is 0 Å². The molecule has 0 spiro atoms. The van der Waals surface area contributed by atoms with Crippen molar-refractivity contribution in [3.8, 4) is 5.75 Å². The van der Waals surface area contributed by atoms with Crippen molar-refractivity contribution < 1.29 is 9.84 Å². The van der Waals surface area contributed by atoms with Crippen LogP contribution in [0, 0.1) is 0 Å². The number of nitrogens with zero attached hydrogens (tertiary/aromatic N) is 2. The van der Waals surface area contributed by atoms with Crippen LogP contribution in [0.5, 0.6) is 5.75 Å². The lowest BCUT2D eigenvalue weighted by Gasteiger charge is -2.21. The molecule has 0 atom stereocenters. The zero-order valence-electron chi connectivity index (χ0n) is 12.4. The molecule has 1 heterocycles. The van der Waals surface area contributed by atoms with Crippen LogP contribution in [0.4, 0.5) is 11.8 Å². The minimum Gasteiger partial charge on any atom is -0.496 e. The van der Waals surface area contributed by atoms with Gasteiger partial charge in [-0.1, -0.05) is 12.1 Å². The summed E-state index contributed by atoms with van der Waals surface area (Å²) in [6.07, 6.45) is 2.18. The average molecular weight is 288 g/mol. The summed E-state index contributed by atoms with van der Waals surface area (Å²) in [5.74, 6) is 1.16. The van der Waals surface area contributed by atoms with Crippen molar-refractivity contribution in [3.63, 3.8) is 0 Å². The van der Waals surface area contributed by atoms with Crippen LogP contribution in [0.1, 0.15) is 30.5 Å². The zero-order chi connectivity index (χ0) is 15.6. The Morgan fingerprint density at radius 1 is 1.29 bits per heavy atom. The lowest BCUT2D eigenvalue weighted by molar-refractivity contribution is 0.0756. The zero-order valence-corrected chi connectivity index (χ0v) is 12.4. The van der Waals surface area contributed by atoms with Crippen molar-refractivity contribution in [2.45, 2.75) is 25.9 Å². The highest BCUT2D eigenvalue weighted by molar-refractivity contribution is 5.47. The van der Waals surface area contributed by atoms with Crippen LogP contribution in [-0.2, 0) is 12.0 Å². The summed E-state index contributed by atoms with van der Waals surface area (Å²) < 4.78 is 5.36. The van der Waals surface area contributed by atoms with Gasteiger partial charge in [-0.3, -0.25) is 0 Å². The summed E-state index contributed by atoms with van der Waals surface area (Å²) in [5.41, 5.74) is 12.9. The van der Waals surface area contributed by atoms with E-state index in [2.05, 4.69) is 9.97 Å². The third-order valence-corrected chi connectivity index (χ3v) is 3.24. The van der Waals surface area contributed by atoms with E-state index in [-0.39, 0.29) is 5.95 Å². The van der Waals surface area contributed by atoms with Crippen LogP contribution in [0.15, 0.2) is 24.4 Å². The monoisotopic (exact) mass is 288 g/mol. The Morgan fingerprint density at radius 3 is 2.57 bits per heavy atom. The fourth-order valence-electron chi connectivity index (χ4n) is 2.14. The van der Waals surface area contributed by atoms with Crippen LogP contribution in [0.25, 0.3) is 0 Å². The van der Waals surface area contributed by atoms with E-state index < -0.39 is 5.60 Å². The Morgan fingerprint density at radius 2 is 2.00 bits per heavy atom. The molecule has 0 unspecified atom stereocenters. The molecular weight excluding hydrogens is 268 g/mol. The van der Waals surface area contributed by atoms with Gasteiger partial charge in [0, 0.05) is 23.7 Å². The molecule has 2 aromatic rings. The van der Waals surface area contributed by atoms with Gasteiger partial charge in [0.05, 0.1) is 12.7 Å². The molecule has 0 aliphatic carbocycles. The van der Waals surface area contributed by atoms with Gasteiger partial charge in [-0.15, -0.1) is 0 Å². The first kappa shape index (κ1) is 15.1. The maximum Gasteiger partial charge on any atom is 0.221 e. The molecule has 0 bridgehead atoms. The molecule has 1 aromatic heterocycles. The van der Waals surface area contributed by atoms with E-state index in [9.17, 15) is 5.11 Å². The molecule has 6 nitrogen and oxygen atoms in total. The Labute approximate surface area is 123 Å². The predicted octanol–water partition coefficient (Wildman–Crippen LogP) is 1.47. The number of hydrogen-bond acceptors (Lipinski definition) is 6. The Hall–Kier alpha value is -2.34. The summed E-state index contributed by atoms with van der Waals surface area (Å²) in [4.78, 5) is 7.89. The number of rotatable bonds is 4. The molecule has 0 amide bonds. The number of aromatic nitrogens is 2. The molecule has 0 radical (unpaired) electrons. The standard InChI is InChI=1S/C15H20N4O2/c1-15(2,20)11-5-4-9(7-12(11)21-3)6-10-8-18-14(17)19-13(10)16/h4-5,7-8,20H,6H2,1-3H3,(H4,16,17,18,19). The fraction of sp³-hybridized carbons (Fsp3) is 0.333. The van der Waals surface area contributed by atoms with E-state index in [0.717, 1.165) is 16.7 Å². The first-order valence-electron chi connectivity index (χ1n) is 6.58. The number of aliphatic hydroxyl groups is 1. The van der Waals surface area contributed by atoms with Gasteiger partial charge in [-0.2, -0.15) is 4.98 Å². The number of nitrogens with two attached hydrogens (primary N) is 2. The van der Waals surface area contributed by atoms with E-state index in [4.69, 9.17) is 16.2 Å². The second-order valence-electron chi connectivity index (χ2n) is 5.41. The van der Waals surface area contributed by atoms with Crippen molar-refractivity contribution in [1.82, 2.24) is 9.97 Å². The Kier molecular flexibility index (Phi) is 3.99. The molecule has 5 N–H and O–H groups in total. The number of methoxy groups -OCH3 is 1. The van der Waals surface area contributed by atoms with Gasteiger partial charge in [-0.25, -0.2) is 4.98 Å². The van der Waals surface area contributed by atoms with Gasteiger partial charge in [0.15, 0.2) is 0 Å². The van der Waals surface area contributed by atoms with Crippen LogP contribution in [0.3, 0.4) is 0 Å². The molecular formula is C15H20N4O2. The van der Waals surface area contributed by atoms with Crippen molar-refractivity contribution in [2.24, 2.45) is 0 Å². The first-order chi connectivity index (χ1) is 9.81. The molecule has 0 aliphatic rings. The van der Waals surface area contributed by atoms with Gasteiger partial charge in [0.2, 0.25) is 5.95 Å². The molecule has 0 saturated heterocycles. The lowest BCUT2D eigenvalue weighted by atomic mass is 9.94. The quantitative estimate of drug-likeness (QED) is 0.786. The maximum absolute atomic E-state index is 10.1. The van der Waals surface area contributed by atoms with E-state index in [1.54, 1.807) is 27.2 Å². The second-order valence-corrected chi connectivity index (χ2v) is 5.41. The summed E-state index contributed by atoms with van der Waals surface area (Å²) in [6, 6.07) is 5.65. The maximum atomic E-state index is 10.1. The van der Waals surface area contributed by atoms with Crippen LogP contribution in [0.2, 0.25) is 0 Å². The van der Waals surface area contributed by atoms with Crippen molar-refractivity contribution in [3.05, 3.63) is 41.1 Å². The topological polar surface area (TPSA) is 107 Å². The molecule has 0 fully saturated rings. The number of benzene rings is 1. The highest BCUT2D eigenvalue weighted by Gasteiger charge is 2.21. The molecule has 112 valence electrons. The number of hydrogen-bond donors (Lipinski definition) is 3. The molecule has 6 heteroatoms. The van der Waals surface area contributed by atoms with Crippen molar-refractivity contribution in [1.29, 1.82) is 0 Å². The van der Waals surface area contributed by atoms with Crippen LogP contribution >= 0.6 is 0 Å². The van der Waals surface area contributed by atoms with E-state index in [1.165, 1.54) is 0 Å². The summed E-state index contributed by atoms with van der Waals surface area (Å²) in [7, 11) is 1.58. The summed E-state index contributed by atoms with van der Waals surface area (Å²) in [5, 5.41) is 10.1. The van der Waals surface area contributed by atoms with Crippen molar-refractivity contribution in [2.75, 3.05) is 18.6 Å². The summed E-state index contributed by atoms with van der Waals surface area (Å²) >= 11 is 0. The molecule has 21 heavy (non-hydrogen) atoms. The van der Waals surface area contributed by atoms with E-state index in [0.29, 0.717) is 18.0 Å². The van der Waals surface area contributed by atoms with Crippen LogP contribution in [-0.4, -0.2) is 22.2 Å². The molecule has 2 rings (SSSR count). The second kappa shape index (κ2) is 5.57. The highest BCUT2D eigenvalue weighted by atomic mass is 16.5. The largest absolute Gasteiger partial charge is 0.496 e. The fourth-order valence-corrected chi connectivity index (χ4v) is 2.14. The number of nitrogen functional groups attached to an aromatic ring is 2. The molecule has 0 saturated carbocycles. The molecule has 0 aliphatic heterocycles. The van der Waals surface area contributed by atoms with Gasteiger partial charge in [-0.05, 0) is 25.5 Å². The minimum absolute atomic E-state index is 0.159. The first-order valence-corrected chi connectivity index (χ1v) is 6.58. The Balaban J connectivity index is 2.33. The normalized spacial score (nSPS) is 11.4. The van der Waals surface area contributed by atoms with Gasteiger partial charge < -0.3 is 21.3 Å². The van der Waals surface area contributed by atoms with Gasteiger partial charge >= 0.3 is 0 Å². The summed E-state index contributed by atoms with van der Waals surface area (Å²) in [6.45, 7) is 3.44. The van der Waals surface area contributed by atoms with Gasteiger partial charge in [0.1, 0.15) is 11.6 Å². The Bertz CT molecular complexity index is 651. The van der Waals surface area contributed by atoms with Gasteiger partial charge in [0.25, 0.3) is 0 Å². The highest BCUT2D eigenvalue weighted by Crippen LogP contribution is 2.31. The predicted molar refractivity (Wildman–Crippen MR) is 81.9 cm³/mol. The SMILES string of the molecule is COc1cc(Cc2cnc(N)nc2N)ccc1C(C)(C)O. The van der Waals surface area contributed by atoms with E-state index in [1.807, 2.05) is 18.2 Å². The lowest BCUT2D eigenvalue weighted by Crippen LogP contribution is -2.17.